The first-order chi connectivity index (χ1) is 16.9. The Bertz CT molecular complexity index is 1220. The first-order valence-corrected chi connectivity index (χ1v) is 12.5. The van der Waals surface area contributed by atoms with Gasteiger partial charge in [-0.1, -0.05) is 31.5 Å². The molecule has 1 aromatic carbocycles. The number of hydrogen-bond donors (Lipinski definition) is 1. The van der Waals surface area contributed by atoms with Gasteiger partial charge >= 0.3 is 5.69 Å². The average Bonchev–Trinajstić information content (AvgIpc) is 3.28. The Morgan fingerprint density at radius 3 is 2.80 bits per heavy atom. The van der Waals surface area contributed by atoms with Gasteiger partial charge in [0.05, 0.1) is 17.8 Å². The van der Waals surface area contributed by atoms with Crippen LogP contribution < -0.4 is 10.1 Å². The maximum Gasteiger partial charge on any atom is 0.311 e. The second-order valence-electron chi connectivity index (χ2n) is 8.68. The number of ether oxygens (including phenoxy) is 1. The van der Waals surface area contributed by atoms with Crippen LogP contribution in [0.3, 0.4) is 0 Å². The van der Waals surface area contributed by atoms with E-state index in [0.717, 1.165) is 30.7 Å². The molecule has 2 aromatic heterocycles. The molecule has 2 atom stereocenters. The molecule has 1 aliphatic carbocycles. The number of benzene rings is 1. The van der Waals surface area contributed by atoms with Crippen LogP contribution in [0, 0.1) is 23.0 Å². The third-order valence-electron chi connectivity index (χ3n) is 6.31. The maximum atomic E-state index is 12.8. The maximum absolute atomic E-state index is 12.8. The van der Waals surface area contributed by atoms with E-state index in [1.807, 2.05) is 12.1 Å². The normalized spacial score (nSPS) is 17.7. The monoisotopic (exact) mass is 496 g/mol. The number of hydrogen-bond acceptors (Lipinski definition) is 8. The average molecular weight is 497 g/mol. The van der Waals surface area contributed by atoms with E-state index in [4.69, 9.17) is 4.74 Å². The lowest BCUT2D eigenvalue weighted by atomic mass is 9.85. The van der Waals surface area contributed by atoms with Gasteiger partial charge in [-0.2, -0.15) is 0 Å². The fourth-order valence-corrected chi connectivity index (χ4v) is 5.27. The summed E-state index contributed by atoms with van der Waals surface area (Å²) in [6.07, 6.45) is 8.04. The molecule has 0 saturated heterocycles. The van der Waals surface area contributed by atoms with Crippen molar-refractivity contribution in [2.24, 2.45) is 5.92 Å². The van der Waals surface area contributed by atoms with E-state index in [0.29, 0.717) is 22.3 Å². The summed E-state index contributed by atoms with van der Waals surface area (Å²) in [6.45, 7) is 3.96. The number of amides is 1. The lowest BCUT2D eigenvalue weighted by Crippen LogP contribution is -2.23. The van der Waals surface area contributed by atoms with Gasteiger partial charge in [0, 0.05) is 41.8 Å². The summed E-state index contributed by atoms with van der Waals surface area (Å²) in [5.41, 5.74) is 1.79. The van der Waals surface area contributed by atoms with Gasteiger partial charge in [-0.3, -0.25) is 24.5 Å². The second kappa shape index (κ2) is 10.9. The highest BCUT2D eigenvalue weighted by atomic mass is 32.2. The van der Waals surface area contributed by atoms with Crippen molar-refractivity contribution in [3.63, 3.8) is 0 Å². The number of carbonyl (C=O) groups is 1. The standard InChI is InChI=1S/C24H28N6O4S/c1-15-7-4-5-9-19(15)29-23(17-8-6-10-25-13-17)27-28-24(29)35-14-22(31)26-18-12-21(34-3)20(30(32)33)11-16(18)2/h6,8,10-13,15,19H,4-5,7,9,14H2,1-3H3,(H,26,31)/t15-,19+/m1/s1. The van der Waals surface area contributed by atoms with E-state index in [-0.39, 0.29) is 29.1 Å². The number of anilines is 1. The highest BCUT2D eigenvalue weighted by Crippen LogP contribution is 2.39. The first kappa shape index (κ1) is 24.6. The molecule has 10 nitrogen and oxygen atoms in total. The van der Waals surface area contributed by atoms with Gasteiger partial charge in [0.1, 0.15) is 0 Å². The van der Waals surface area contributed by atoms with Crippen molar-refractivity contribution in [2.75, 3.05) is 18.2 Å². The van der Waals surface area contributed by atoms with Gasteiger partial charge < -0.3 is 10.1 Å². The Hall–Kier alpha value is -3.47. The van der Waals surface area contributed by atoms with Crippen LogP contribution in [0.2, 0.25) is 0 Å². The summed E-state index contributed by atoms with van der Waals surface area (Å²) in [5, 5.41) is 23.7. The molecule has 184 valence electrons. The second-order valence-corrected chi connectivity index (χ2v) is 9.62. The highest BCUT2D eigenvalue weighted by molar-refractivity contribution is 7.99. The molecule has 1 N–H and O–H groups in total. The zero-order valence-corrected chi connectivity index (χ0v) is 20.7. The topological polar surface area (TPSA) is 125 Å². The smallest absolute Gasteiger partial charge is 0.311 e. The zero-order chi connectivity index (χ0) is 24.9. The number of nitro benzene ring substituents is 1. The predicted octanol–water partition coefficient (Wildman–Crippen LogP) is 5.05. The van der Waals surface area contributed by atoms with Gasteiger partial charge in [-0.25, -0.2) is 0 Å². The lowest BCUT2D eigenvalue weighted by Gasteiger charge is -2.31. The number of aryl methyl sites for hydroxylation is 1. The number of aromatic nitrogens is 4. The largest absolute Gasteiger partial charge is 0.490 e. The Labute approximate surface area is 207 Å². The molecular weight excluding hydrogens is 468 g/mol. The predicted molar refractivity (Wildman–Crippen MR) is 134 cm³/mol. The van der Waals surface area contributed by atoms with Crippen molar-refractivity contribution in [2.45, 2.75) is 50.7 Å². The number of methoxy groups -OCH3 is 1. The summed E-state index contributed by atoms with van der Waals surface area (Å²) in [4.78, 5) is 27.8. The summed E-state index contributed by atoms with van der Waals surface area (Å²) in [6, 6.07) is 6.96. The van der Waals surface area contributed by atoms with E-state index in [1.165, 1.54) is 37.4 Å². The quantitative estimate of drug-likeness (QED) is 0.261. The van der Waals surface area contributed by atoms with Crippen molar-refractivity contribution in [1.29, 1.82) is 0 Å². The molecule has 0 spiro atoms. The zero-order valence-electron chi connectivity index (χ0n) is 19.9. The van der Waals surface area contributed by atoms with E-state index >= 15 is 0 Å². The minimum absolute atomic E-state index is 0.0932. The molecule has 3 aromatic rings. The summed E-state index contributed by atoms with van der Waals surface area (Å²) < 4.78 is 7.29. The van der Waals surface area contributed by atoms with Crippen LogP contribution in [0.5, 0.6) is 5.75 Å². The minimum atomic E-state index is -0.508. The Balaban J connectivity index is 1.54. The van der Waals surface area contributed by atoms with E-state index in [2.05, 4.69) is 32.0 Å². The van der Waals surface area contributed by atoms with Crippen LogP contribution in [0.4, 0.5) is 11.4 Å². The summed E-state index contributed by atoms with van der Waals surface area (Å²) in [5.74, 6) is 1.19. The highest BCUT2D eigenvalue weighted by Gasteiger charge is 2.29. The Kier molecular flexibility index (Phi) is 7.64. The lowest BCUT2D eigenvalue weighted by molar-refractivity contribution is -0.385. The molecule has 1 aliphatic rings. The molecule has 35 heavy (non-hydrogen) atoms. The number of pyridine rings is 1. The van der Waals surface area contributed by atoms with Gasteiger partial charge in [0.25, 0.3) is 0 Å². The van der Waals surface area contributed by atoms with E-state index < -0.39 is 4.92 Å². The van der Waals surface area contributed by atoms with Crippen LogP contribution in [0.1, 0.15) is 44.2 Å². The first-order valence-electron chi connectivity index (χ1n) is 11.5. The number of nitro groups is 1. The van der Waals surface area contributed by atoms with Crippen molar-refractivity contribution in [3.05, 3.63) is 52.3 Å². The number of rotatable bonds is 8. The van der Waals surface area contributed by atoms with Crippen LogP contribution in [-0.4, -0.2) is 43.4 Å². The third-order valence-corrected chi connectivity index (χ3v) is 7.25. The number of nitrogens with zero attached hydrogens (tertiary/aromatic N) is 5. The van der Waals surface area contributed by atoms with E-state index in [1.54, 1.807) is 19.3 Å². The van der Waals surface area contributed by atoms with Gasteiger partial charge in [-0.05, 0) is 43.4 Å². The summed E-state index contributed by atoms with van der Waals surface area (Å²) >= 11 is 1.33. The molecule has 0 radical (unpaired) electrons. The third kappa shape index (κ3) is 5.45. The van der Waals surface area contributed by atoms with Crippen molar-refractivity contribution >= 4 is 29.0 Å². The molecule has 1 amide bonds. The van der Waals surface area contributed by atoms with E-state index in [9.17, 15) is 14.9 Å². The van der Waals surface area contributed by atoms with Gasteiger partial charge in [-0.15, -0.1) is 10.2 Å². The van der Waals surface area contributed by atoms with Gasteiger partial charge in [0.15, 0.2) is 16.7 Å². The molecule has 0 unspecified atom stereocenters. The number of thioether (sulfide) groups is 1. The number of carbonyl (C=O) groups excluding carboxylic acids is 1. The van der Waals surface area contributed by atoms with Crippen molar-refractivity contribution in [1.82, 2.24) is 19.7 Å². The molecule has 4 rings (SSSR count). The van der Waals surface area contributed by atoms with Gasteiger partial charge in [0.2, 0.25) is 5.91 Å². The minimum Gasteiger partial charge on any atom is -0.490 e. The molecule has 11 heteroatoms. The van der Waals surface area contributed by atoms with Crippen LogP contribution >= 0.6 is 11.8 Å². The molecule has 0 aliphatic heterocycles. The van der Waals surface area contributed by atoms with Crippen molar-refractivity contribution in [3.8, 4) is 17.1 Å². The fourth-order valence-electron chi connectivity index (χ4n) is 4.48. The van der Waals surface area contributed by atoms with Crippen molar-refractivity contribution < 1.29 is 14.5 Å². The SMILES string of the molecule is COc1cc(NC(=O)CSc2nnc(-c3cccnc3)n2[C@H]2CCCC[C@H]2C)c(C)cc1[N+](=O)[O-]. The molecule has 1 saturated carbocycles. The van der Waals surface area contributed by atoms with Crippen LogP contribution in [0.25, 0.3) is 11.4 Å². The molecule has 2 heterocycles. The fraction of sp³-hybridized carbons (Fsp3) is 0.417. The van der Waals surface area contributed by atoms with Crippen LogP contribution in [-0.2, 0) is 4.79 Å². The number of nitrogens with one attached hydrogen (secondary N) is 1. The summed E-state index contributed by atoms with van der Waals surface area (Å²) in [7, 11) is 1.36. The molecular formula is C24H28N6O4S. The Morgan fingerprint density at radius 2 is 2.11 bits per heavy atom. The Morgan fingerprint density at radius 1 is 1.31 bits per heavy atom. The van der Waals surface area contributed by atoms with Crippen LogP contribution in [0.15, 0.2) is 41.8 Å². The molecule has 0 bridgehead atoms. The molecule has 1 fully saturated rings.